The van der Waals surface area contributed by atoms with E-state index in [1.54, 1.807) is 0 Å². The van der Waals surface area contributed by atoms with E-state index in [0.29, 0.717) is 5.92 Å². The van der Waals surface area contributed by atoms with Crippen molar-refractivity contribution in [2.75, 3.05) is 0 Å². The molecule has 0 aliphatic rings. The van der Waals surface area contributed by atoms with Crippen LogP contribution in [0.25, 0.3) is 0 Å². The SMILES string of the molecule is CCCC(CC)CC(C)c1ncc[nH]1. The zero-order chi connectivity index (χ0) is 10.4. The van der Waals surface area contributed by atoms with Crippen molar-refractivity contribution in [3.8, 4) is 0 Å². The number of nitrogens with zero attached hydrogens (tertiary/aromatic N) is 1. The summed E-state index contributed by atoms with van der Waals surface area (Å²) in [6.07, 6.45) is 8.95. The highest BCUT2D eigenvalue weighted by Gasteiger charge is 2.13. The van der Waals surface area contributed by atoms with Gasteiger partial charge in [-0.2, -0.15) is 0 Å². The fraction of sp³-hybridized carbons (Fsp3) is 0.750. The van der Waals surface area contributed by atoms with E-state index in [4.69, 9.17) is 0 Å². The summed E-state index contributed by atoms with van der Waals surface area (Å²) >= 11 is 0. The Morgan fingerprint density at radius 3 is 2.71 bits per heavy atom. The predicted molar refractivity (Wildman–Crippen MR) is 60.3 cm³/mol. The van der Waals surface area contributed by atoms with Gasteiger partial charge in [-0.3, -0.25) is 0 Å². The Balaban J connectivity index is 2.42. The van der Waals surface area contributed by atoms with Crippen molar-refractivity contribution in [1.29, 1.82) is 0 Å². The molecule has 0 aliphatic heterocycles. The third kappa shape index (κ3) is 3.17. The van der Waals surface area contributed by atoms with E-state index in [0.717, 1.165) is 11.7 Å². The maximum Gasteiger partial charge on any atom is 0.108 e. The summed E-state index contributed by atoms with van der Waals surface area (Å²) in [6.45, 7) is 6.81. The number of H-pyrrole nitrogens is 1. The molecule has 1 aromatic heterocycles. The van der Waals surface area contributed by atoms with Crippen LogP contribution in [0, 0.1) is 5.92 Å². The number of nitrogens with one attached hydrogen (secondary N) is 1. The molecule has 0 aromatic carbocycles. The largest absolute Gasteiger partial charge is 0.348 e. The minimum Gasteiger partial charge on any atom is -0.348 e. The molecule has 2 atom stereocenters. The van der Waals surface area contributed by atoms with Crippen molar-refractivity contribution in [1.82, 2.24) is 9.97 Å². The van der Waals surface area contributed by atoms with Crippen LogP contribution < -0.4 is 0 Å². The molecule has 2 unspecified atom stereocenters. The maximum atomic E-state index is 4.31. The Kier molecular flexibility index (Phi) is 4.71. The lowest BCUT2D eigenvalue weighted by Crippen LogP contribution is -2.05. The van der Waals surface area contributed by atoms with E-state index in [1.807, 2.05) is 12.4 Å². The molecule has 2 heteroatoms. The van der Waals surface area contributed by atoms with E-state index < -0.39 is 0 Å². The normalized spacial score (nSPS) is 15.4. The van der Waals surface area contributed by atoms with Crippen molar-refractivity contribution < 1.29 is 0 Å². The lowest BCUT2D eigenvalue weighted by atomic mass is 9.90. The zero-order valence-electron chi connectivity index (χ0n) is 9.59. The van der Waals surface area contributed by atoms with Gasteiger partial charge in [-0.05, 0) is 12.3 Å². The van der Waals surface area contributed by atoms with Crippen LogP contribution >= 0.6 is 0 Å². The van der Waals surface area contributed by atoms with Crippen LogP contribution in [0.4, 0.5) is 0 Å². The van der Waals surface area contributed by atoms with Gasteiger partial charge >= 0.3 is 0 Å². The first-order chi connectivity index (χ1) is 6.77. The summed E-state index contributed by atoms with van der Waals surface area (Å²) in [5.74, 6) is 2.57. The van der Waals surface area contributed by atoms with Gasteiger partial charge in [0.1, 0.15) is 5.82 Å². The van der Waals surface area contributed by atoms with Crippen LogP contribution in [0.2, 0.25) is 0 Å². The molecule has 0 amide bonds. The van der Waals surface area contributed by atoms with Gasteiger partial charge in [-0.25, -0.2) is 4.98 Å². The lowest BCUT2D eigenvalue weighted by Gasteiger charge is -2.17. The molecule has 80 valence electrons. The second kappa shape index (κ2) is 5.84. The highest BCUT2D eigenvalue weighted by Crippen LogP contribution is 2.25. The quantitative estimate of drug-likeness (QED) is 0.734. The molecular formula is C12H22N2. The van der Waals surface area contributed by atoms with Crippen LogP contribution in [-0.2, 0) is 0 Å². The first kappa shape index (κ1) is 11.3. The van der Waals surface area contributed by atoms with Gasteiger partial charge in [-0.15, -0.1) is 0 Å². The van der Waals surface area contributed by atoms with Gasteiger partial charge in [0.05, 0.1) is 0 Å². The van der Waals surface area contributed by atoms with Gasteiger partial charge in [0.15, 0.2) is 0 Å². The molecule has 14 heavy (non-hydrogen) atoms. The number of aromatic amines is 1. The molecule has 0 fully saturated rings. The second-order valence-corrected chi connectivity index (χ2v) is 4.17. The summed E-state index contributed by atoms with van der Waals surface area (Å²) in [5, 5.41) is 0. The Labute approximate surface area is 87.1 Å². The molecule has 1 heterocycles. The molecule has 0 aliphatic carbocycles. The van der Waals surface area contributed by atoms with Crippen molar-refractivity contribution in [2.45, 2.75) is 52.4 Å². The van der Waals surface area contributed by atoms with Crippen LogP contribution in [-0.4, -0.2) is 9.97 Å². The number of aromatic nitrogens is 2. The smallest absolute Gasteiger partial charge is 0.108 e. The molecular weight excluding hydrogens is 172 g/mol. The molecule has 0 saturated heterocycles. The summed E-state index contributed by atoms with van der Waals surface area (Å²) in [4.78, 5) is 7.51. The average Bonchev–Trinajstić information content (AvgIpc) is 2.69. The van der Waals surface area contributed by atoms with Crippen molar-refractivity contribution >= 4 is 0 Å². The predicted octanol–water partition coefficient (Wildman–Crippen LogP) is 3.73. The maximum absolute atomic E-state index is 4.31. The standard InChI is InChI=1S/C12H22N2/c1-4-6-11(5-2)9-10(3)12-13-7-8-14-12/h7-8,10-11H,4-6,9H2,1-3H3,(H,13,14). The van der Waals surface area contributed by atoms with E-state index in [1.165, 1.54) is 25.7 Å². The van der Waals surface area contributed by atoms with E-state index in [-0.39, 0.29) is 0 Å². The Bertz CT molecular complexity index is 228. The fourth-order valence-electron chi connectivity index (χ4n) is 2.06. The van der Waals surface area contributed by atoms with Gasteiger partial charge in [0, 0.05) is 18.3 Å². The third-order valence-corrected chi connectivity index (χ3v) is 2.95. The molecule has 0 spiro atoms. The fourth-order valence-corrected chi connectivity index (χ4v) is 2.06. The second-order valence-electron chi connectivity index (χ2n) is 4.17. The van der Waals surface area contributed by atoms with Crippen LogP contribution in [0.1, 0.15) is 58.2 Å². The van der Waals surface area contributed by atoms with Crippen molar-refractivity contribution in [3.63, 3.8) is 0 Å². The monoisotopic (exact) mass is 194 g/mol. The van der Waals surface area contributed by atoms with Crippen LogP contribution in [0.3, 0.4) is 0 Å². The Hall–Kier alpha value is -0.790. The molecule has 1 N–H and O–H groups in total. The van der Waals surface area contributed by atoms with Gasteiger partial charge in [-0.1, -0.05) is 40.0 Å². The summed E-state index contributed by atoms with van der Waals surface area (Å²) in [7, 11) is 0. The minimum atomic E-state index is 0.571. The molecule has 0 radical (unpaired) electrons. The molecule has 0 bridgehead atoms. The molecule has 1 rings (SSSR count). The first-order valence-corrected chi connectivity index (χ1v) is 5.77. The highest BCUT2D eigenvalue weighted by atomic mass is 14.9. The Morgan fingerprint density at radius 2 is 2.21 bits per heavy atom. The van der Waals surface area contributed by atoms with Gasteiger partial charge in [0.25, 0.3) is 0 Å². The average molecular weight is 194 g/mol. The number of imidazole rings is 1. The van der Waals surface area contributed by atoms with Crippen LogP contribution in [0.5, 0.6) is 0 Å². The number of hydrogen-bond donors (Lipinski definition) is 1. The summed E-state index contributed by atoms with van der Waals surface area (Å²) in [6, 6.07) is 0. The van der Waals surface area contributed by atoms with Crippen LogP contribution in [0.15, 0.2) is 12.4 Å². The van der Waals surface area contributed by atoms with Crippen molar-refractivity contribution in [3.05, 3.63) is 18.2 Å². The molecule has 1 aromatic rings. The third-order valence-electron chi connectivity index (χ3n) is 2.95. The summed E-state index contributed by atoms with van der Waals surface area (Å²) < 4.78 is 0. The topological polar surface area (TPSA) is 28.7 Å². The van der Waals surface area contributed by atoms with Crippen molar-refractivity contribution in [2.24, 2.45) is 5.92 Å². The summed E-state index contributed by atoms with van der Waals surface area (Å²) in [5.41, 5.74) is 0. The van der Waals surface area contributed by atoms with Gasteiger partial charge < -0.3 is 4.98 Å². The first-order valence-electron chi connectivity index (χ1n) is 5.77. The Morgan fingerprint density at radius 1 is 1.43 bits per heavy atom. The molecule has 0 saturated carbocycles. The lowest BCUT2D eigenvalue weighted by molar-refractivity contribution is 0.397. The zero-order valence-corrected chi connectivity index (χ0v) is 9.59. The van der Waals surface area contributed by atoms with Gasteiger partial charge in [0.2, 0.25) is 0 Å². The number of rotatable bonds is 6. The highest BCUT2D eigenvalue weighted by molar-refractivity contribution is 4.95. The van der Waals surface area contributed by atoms with E-state index in [2.05, 4.69) is 30.7 Å². The minimum absolute atomic E-state index is 0.571. The van der Waals surface area contributed by atoms with E-state index in [9.17, 15) is 0 Å². The number of hydrogen-bond acceptors (Lipinski definition) is 1. The molecule has 2 nitrogen and oxygen atoms in total. The van der Waals surface area contributed by atoms with E-state index >= 15 is 0 Å².